The molecular formula is C31H40O10. The topological polar surface area (TPSA) is 108 Å². The molecule has 1 unspecified atom stereocenters. The van der Waals surface area contributed by atoms with E-state index in [9.17, 15) is 9.59 Å². The molecule has 2 saturated carbocycles. The summed E-state index contributed by atoms with van der Waals surface area (Å²) < 4.78 is 44.5. The minimum absolute atomic E-state index is 0.00854. The molecule has 0 N–H and O–H groups in total. The smallest absolute Gasteiger partial charge is 0.152 e. The molecule has 10 heteroatoms. The molecule has 2 aromatic carbocycles. The van der Waals surface area contributed by atoms with Crippen LogP contribution in [-0.4, -0.2) is 84.4 Å². The van der Waals surface area contributed by atoms with Gasteiger partial charge in [-0.25, -0.2) is 0 Å². The molecule has 41 heavy (non-hydrogen) atoms. The zero-order chi connectivity index (χ0) is 28.5. The maximum atomic E-state index is 11.4. The third-order valence-electron chi connectivity index (χ3n) is 6.44. The first kappa shape index (κ1) is 30.8. The molecule has 0 aromatic heterocycles. The van der Waals surface area contributed by atoms with Crippen LogP contribution >= 0.6 is 0 Å². The van der Waals surface area contributed by atoms with Crippen molar-refractivity contribution >= 4 is 12.6 Å². The van der Waals surface area contributed by atoms with Crippen LogP contribution in [0.4, 0.5) is 0 Å². The van der Waals surface area contributed by atoms with Gasteiger partial charge in [0.05, 0.1) is 13.2 Å². The van der Waals surface area contributed by atoms with Crippen LogP contribution in [0, 0.1) is 11.8 Å². The highest BCUT2D eigenvalue weighted by atomic mass is 16.7. The van der Waals surface area contributed by atoms with Crippen molar-refractivity contribution in [2.45, 2.75) is 37.9 Å². The van der Waals surface area contributed by atoms with E-state index >= 15 is 0 Å². The van der Waals surface area contributed by atoms with Crippen LogP contribution in [0.1, 0.15) is 25.7 Å². The number of benzene rings is 2. The predicted molar refractivity (Wildman–Crippen MR) is 149 cm³/mol. The van der Waals surface area contributed by atoms with E-state index < -0.39 is 12.2 Å². The molecule has 2 atom stereocenters. The number of carbonyl (C=O) groups excluding carboxylic acids is 2. The zero-order valence-corrected chi connectivity index (χ0v) is 23.4. The summed E-state index contributed by atoms with van der Waals surface area (Å²) >= 11 is 0. The molecule has 0 bridgehead atoms. The van der Waals surface area contributed by atoms with Crippen molar-refractivity contribution in [1.29, 1.82) is 0 Å². The van der Waals surface area contributed by atoms with E-state index in [-0.39, 0.29) is 20.0 Å². The molecule has 10 nitrogen and oxygen atoms in total. The minimum Gasteiger partial charge on any atom is -0.491 e. The first-order valence-corrected chi connectivity index (χ1v) is 14.2. The number of hydrogen-bond donors (Lipinski definition) is 0. The summed E-state index contributed by atoms with van der Waals surface area (Å²) in [6, 6.07) is 14.2. The first-order chi connectivity index (χ1) is 20.2. The van der Waals surface area contributed by atoms with E-state index in [1.807, 2.05) is 0 Å². The maximum Gasteiger partial charge on any atom is 0.152 e. The quantitative estimate of drug-likeness (QED) is 0.104. The van der Waals surface area contributed by atoms with Crippen molar-refractivity contribution < 1.29 is 47.5 Å². The van der Waals surface area contributed by atoms with Gasteiger partial charge in [0.1, 0.15) is 68.4 Å². The molecule has 2 aromatic rings. The number of hydrogen-bond acceptors (Lipinski definition) is 10. The lowest BCUT2D eigenvalue weighted by Gasteiger charge is -2.17. The summed E-state index contributed by atoms with van der Waals surface area (Å²) in [5.74, 6) is 4.02. The van der Waals surface area contributed by atoms with E-state index in [1.54, 1.807) is 48.5 Å². The third kappa shape index (κ3) is 12.9. The van der Waals surface area contributed by atoms with E-state index in [4.69, 9.17) is 37.9 Å². The summed E-state index contributed by atoms with van der Waals surface area (Å²) in [5.41, 5.74) is 0. The second-order valence-corrected chi connectivity index (χ2v) is 10.1. The van der Waals surface area contributed by atoms with Crippen molar-refractivity contribution in [1.82, 2.24) is 0 Å². The van der Waals surface area contributed by atoms with Gasteiger partial charge in [0.15, 0.2) is 12.6 Å². The average Bonchev–Trinajstić information content (AvgIpc) is 3.94. The van der Waals surface area contributed by atoms with Crippen LogP contribution in [0.25, 0.3) is 0 Å². The Kier molecular flexibility index (Phi) is 13.2. The van der Waals surface area contributed by atoms with Crippen LogP contribution in [0.15, 0.2) is 48.5 Å². The van der Waals surface area contributed by atoms with Crippen molar-refractivity contribution in [3.63, 3.8) is 0 Å². The number of carbonyl (C=O) groups is 2. The van der Waals surface area contributed by atoms with Crippen molar-refractivity contribution in [2.75, 3.05) is 59.6 Å². The van der Waals surface area contributed by atoms with Gasteiger partial charge in [-0.05, 0) is 86.1 Å². The summed E-state index contributed by atoms with van der Waals surface area (Å²) in [6.07, 6.45) is 4.58. The fraction of sp³-hybridized carbons (Fsp3) is 0.548. The predicted octanol–water partition coefficient (Wildman–Crippen LogP) is 3.88. The van der Waals surface area contributed by atoms with Gasteiger partial charge in [0.25, 0.3) is 0 Å². The Balaban J connectivity index is 1.05. The molecule has 0 saturated heterocycles. The Morgan fingerprint density at radius 1 is 0.561 bits per heavy atom. The Morgan fingerprint density at radius 2 is 0.927 bits per heavy atom. The summed E-state index contributed by atoms with van der Waals surface area (Å²) in [7, 11) is 0. The summed E-state index contributed by atoms with van der Waals surface area (Å²) in [4.78, 5) is 22.8. The van der Waals surface area contributed by atoms with Crippen LogP contribution in [0.3, 0.4) is 0 Å². The van der Waals surface area contributed by atoms with E-state index in [0.717, 1.165) is 25.0 Å². The van der Waals surface area contributed by atoms with E-state index in [0.29, 0.717) is 62.0 Å². The van der Waals surface area contributed by atoms with Crippen LogP contribution in [-0.2, 0) is 28.5 Å². The van der Waals surface area contributed by atoms with Crippen LogP contribution in [0.5, 0.6) is 23.0 Å². The molecule has 2 aliphatic carbocycles. The highest BCUT2D eigenvalue weighted by Crippen LogP contribution is 2.29. The standard InChI is InChI=1S/C31H40O10/c32-17-30(21-38-28-9-5-26(6-10-28)36-15-13-34-19-24-1-2-24)40-23-41-31(18-33)22-39-29-11-7-27(8-12-29)37-16-14-35-20-25-3-4-25/h5-12,17-18,24-25,30-31H,1-4,13-16,19-23H2/t30-,31?/m0/s1. The lowest BCUT2D eigenvalue weighted by Crippen LogP contribution is -2.29. The second kappa shape index (κ2) is 17.6. The van der Waals surface area contributed by atoms with Gasteiger partial charge >= 0.3 is 0 Å². The fourth-order valence-corrected chi connectivity index (χ4v) is 3.59. The number of ether oxygens (including phenoxy) is 8. The lowest BCUT2D eigenvalue weighted by molar-refractivity contribution is -0.150. The first-order valence-electron chi connectivity index (χ1n) is 14.2. The summed E-state index contributed by atoms with van der Waals surface area (Å²) in [6.45, 7) is 3.43. The van der Waals surface area contributed by atoms with E-state index in [2.05, 4.69) is 0 Å². The highest BCUT2D eigenvalue weighted by molar-refractivity contribution is 5.57. The molecule has 224 valence electrons. The Hall–Kier alpha value is -3.18. The van der Waals surface area contributed by atoms with Gasteiger partial charge in [-0.3, -0.25) is 0 Å². The van der Waals surface area contributed by atoms with Crippen LogP contribution in [0.2, 0.25) is 0 Å². The molecule has 4 rings (SSSR count). The van der Waals surface area contributed by atoms with Crippen molar-refractivity contribution in [2.24, 2.45) is 11.8 Å². The number of aldehydes is 2. The minimum atomic E-state index is -0.866. The second-order valence-electron chi connectivity index (χ2n) is 10.1. The molecule has 0 radical (unpaired) electrons. The molecule has 0 aliphatic heterocycles. The number of rotatable bonds is 24. The SMILES string of the molecule is O=CC(COc1ccc(OCCOCC2CC2)cc1)OCO[C@@H](C=O)COc1ccc(OCCOCC2CC2)cc1. The molecule has 2 aliphatic rings. The van der Waals surface area contributed by atoms with Gasteiger partial charge < -0.3 is 47.5 Å². The Labute approximate surface area is 241 Å². The normalized spacial score (nSPS) is 16.0. The Bertz CT molecular complexity index is 923. The lowest BCUT2D eigenvalue weighted by atomic mass is 10.3. The van der Waals surface area contributed by atoms with Gasteiger partial charge in [-0.15, -0.1) is 0 Å². The molecule has 0 amide bonds. The van der Waals surface area contributed by atoms with Gasteiger partial charge in [0.2, 0.25) is 0 Å². The average molecular weight is 573 g/mol. The third-order valence-corrected chi connectivity index (χ3v) is 6.44. The monoisotopic (exact) mass is 572 g/mol. The summed E-state index contributed by atoms with van der Waals surface area (Å²) in [5, 5.41) is 0. The molecule has 0 spiro atoms. The Morgan fingerprint density at radius 3 is 1.27 bits per heavy atom. The molecule has 2 fully saturated rings. The maximum absolute atomic E-state index is 11.4. The zero-order valence-electron chi connectivity index (χ0n) is 23.4. The van der Waals surface area contributed by atoms with Gasteiger partial charge in [0, 0.05) is 13.2 Å². The van der Waals surface area contributed by atoms with Gasteiger partial charge in [-0.1, -0.05) is 0 Å². The largest absolute Gasteiger partial charge is 0.491 e. The van der Waals surface area contributed by atoms with Crippen molar-refractivity contribution in [3.05, 3.63) is 48.5 Å². The van der Waals surface area contributed by atoms with E-state index in [1.165, 1.54) is 25.7 Å². The van der Waals surface area contributed by atoms with Crippen LogP contribution < -0.4 is 18.9 Å². The molecule has 0 heterocycles. The molecular weight excluding hydrogens is 532 g/mol. The van der Waals surface area contributed by atoms with Crippen molar-refractivity contribution in [3.8, 4) is 23.0 Å². The highest BCUT2D eigenvalue weighted by Gasteiger charge is 2.21. The van der Waals surface area contributed by atoms with Gasteiger partial charge in [-0.2, -0.15) is 0 Å². The fourth-order valence-electron chi connectivity index (χ4n) is 3.59.